The Balaban J connectivity index is 2.11. The molecule has 18 heavy (non-hydrogen) atoms. The molecule has 0 aliphatic carbocycles. The van der Waals surface area contributed by atoms with Crippen molar-refractivity contribution >= 4 is 23.7 Å². The van der Waals surface area contributed by atoms with Crippen LogP contribution < -0.4 is 0 Å². The van der Waals surface area contributed by atoms with Crippen molar-refractivity contribution in [2.75, 3.05) is 0 Å². The van der Waals surface area contributed by atoms with Crippen molar-refractivity contribution < 1.29 is 9.59 Å². The van der Waals surface area contributed by atoms with E-state index in [9.17, 15) is 9.59 Å². The van der Waals surface area contributed by atoms with Gasteiger partial charge in [-0.2, -0.15) is 0 Å². The molecular formula is C15H11ClO2. The molecule has 0 bridgehead atoms. The van der Waals surface area contributed by atoms with Crippen molar-refractivity contribution in [1.82, 2.24) is 0 Å². The van der Waals surface area contributed by atoms with E-state index in [2.05, 4.69) is 0 Å². The summed E-state index contributed by atoms with van der Waals surface area (Å²) in [5.74, 6) is 0.0229. The highest BCUT2D eigenvalue weighted by Crippen LogP contribution is 2.12. The number of hydrogen-bond acceptors (Lipinski definition) is 2. The fourth-order valence-corrected chi connectivity index (χ4v) is 1.76. The van der Waals surface area contributed by atoms with Crippen LogP contribution in [0.1, 0.15) is 26.3 Å². The molecule has 0 heterocycles. The maximum Gasteiger partial charge on any atom is 0.167 e. The van der Waals surface area contributed by atoms with Crippen LogP contribution in [0.25, 0.3) is 0 Å². The van der Waals surface area contributed by atoms with E-state index in [1.807, 2.05) is 12.1 Å². The van der Waals surface area contributed by atoms with Crippen LogP contribution in [0.5, 0.6) is 0 Å². The predicted molar refractivity (Wildman–Crippen MR) is 71.3 cm³/mol. The standard InChI is InChI=1S/C15H11ClO2/c16-14-7-3-11(4-8-14)9-15(18)13-5-1-12(10-17)2-6-13/h1-8,10H,9H2. The summed E-state index contributed by atoms with van der Waals surface area (Å²) >= 11 is 5.78. The van der Waals surface area contributed by atoms with Crippen LogP contribution in [-0.2, 0) is 6.42 Å². The van der Waals surface area contributed by atoms with Gasteiger partial charge in [-0.3, -0.25) is 9.59 Å². The van der Waals surface area contributed by atoms with Gasteiger partial charge in [0.25, 0.3) is 0 Å². The van der Waals surface area contributed by atoms with E-state index in [4.69, 9.17) is 11.6 Å². The van der Waals surface area contributed by atoms with Crippen molar-refractivity contribution in [2.24, 2.45) is 0 Å². The lowest BCUT2D eigenvalue weighted by Gasteiger charge is -2.02. The molecule has 3 heteroatoms. The maximum absolute atomic E-state index is 12.0. The molecule has 0 aliphatic heterocycles. The summed E-state index contributed by atoms with van der Waals surface area (Å²) < 4.78 is 0. The Kier molecular flexibility index (Phi) is 3.90. The molecular weight excluding hydrogens is 248 g/mol. The molecule has 0 saturated carbocycles. The summed E-state index contributed by atoms with van der Waals surface area (Å²) in [5.41, 5.74) is 2.09. The Morgan fingerprint density at radius 2 is 1.61 bits per heavy atom. The maximum atomic E-state index is 12.0. The fraction of sp³-hybridized carbons (Fsp3) is 0.0667. The molecule has 0 fully saturated rings. The Hall–Kier alpha value is -1.93. The van der Waals surface area contributed by atoms with Gasteiger partial charge in [0.15, 0.2) is 5.78 Å². The summed E-state index contributed by atoms with van der Waals surface area (Å²) in [7, 11) is 0. The van der Waals surface area contributed by atoms with Crippen LogP contribution >= 0.6 is 11.6 Å². The van der Waals surface area contributed by atoms with E-state index >= 15 is 0 Å². The van der Waals surface area contributed by atoms with Gasteiger partial charge in [-0.1, -0.05) is 48.0 Å². The Morgan fingerprint density at radius 3 is 2.17 bits per heavy atom. The highest BCUT2D eigenvalue weighted by molar-refractivity contribution is 6.30. The van der Waals surface area contributed by atoms with Crippen molar-refractivity contribution in [2.45, 2.75) is 6.42 Å². The summed E-state index contributed by atoms with van der Waals surface area (Å²) in [5, 5.41) is 0.654. The van der Waals surface area contributed by atoms with Gasteiger partial charge >= 0.3 is 0 Å². The van der Waals surface area contributed by atoms with Crippen molar-refractivity contribution in [3.05, 3.63) is 70.2 Å². The first-order valence-electron chi connectivity index (χ1n) is 5.52. The molecule has 0 spiro atoms. The smallest absolute Gasteiger partial charge is 0.167 e. The van der Waals surface area contributed by atoms with E-state index in [0.29, 0.717) is 22.6 Å². The van der Waals surface area contributed by atoms with E-state index in [0.717, 1.165) is 11.8 Å². The normalized spacial score (nSPS) is 10.1. The molecule has 2 aromatic carbocycles. The minimum atomic E-state index is 0.0229. The average Bonchev–Trinajstić information content (AvgIpc) is 2.41. The van der Waals surface area contributed by atoms with E-state index in [1.54, 1.807) is 36.4 Å². The third-order valence-corrected chi connectivity index (χ3v) is 2.90. The molecule has 0 amide bonds. The Labute approximate surface area is 110 Å². The van der Waals surface area contributed by atoms with Gasteiger partial charge < -0.3 is 0 Å². The average molecular weight is 259 g/mol. The summed E-state index contributed by atoms with van der Waals surface area (Å²) in [6.45, 7) is 0. The quantitative estimate of drug-likeness (QED) is 0.621. The molecule has 0 unspecified atom stereocenters. The zero-order valence-electron chi connectivity index (χ0n) is 9.60. The third kappa shape index (κ3) is 3.05. The SMILES string of the molecule is O=Cc1ccc(C(=O)Cc2ccc(Cl)cc2)cc1. The number of carbonyl (C=O) groups is 2. The lowest BCUT2D eigenvalue weighted by molar-refractivity contribution is 0.0992. The van der Waals surface area contributed by atoms with E-state index in [-0.39, 0.29) is 5.78 Å². The van der Waals surface area contributed by atoms with Crippen LogP contribution in [0.4, 0.5) is 0 Å². The van der Waals surface area contributed by atoms with Crippen molar-refractivity contribution in [1.29, 1.82) is 0 Å². The van der Waals surface area contributed by atoms with E-state index in [1.165, 1.54) is 0 Å². The largest absolute Gasteiger partial charge is 0.298 e. The number of rotatable bonds is 4. The van der Waals surface area contributed by atoms with Gasteiger partial charge in [0, 0.05) is 22.6 Å². The topological polar surface area (TPSA) is 34.1 Å². The number of Topliss-reactive ketones (excluding diaryl/α,β-unsaturated/α-hetero) is 1. The van der Waals surface area contributed by atoms with Crippen molar-refractivity contribution in [3.63, 3.8) is 0 Å². The molecule has 0 atom stereocenters. The number of aldehydes is 1. The second-order valence-electron chi connectivity index (χ2n) is 3.97. The second-order valence-corrected chi connectivity index (χ2v) is 4.40. The number of halogens is 1. The van der Waals surface area contributed by atoms with Gasteiger partial charge in [-0.15, -0.1) is 0 Å². The molecule has 0 N–H and O–H groups in total. The van der Waals surface area contributed by atoms with Gasteiger partial charge in [0.1, 0.15) is 6.29 Å². The predicted octanol–water partition coefficient (Wildman–Crippen LogP) is 3.58. The lowest BCUT2D eigenvalue weighted by Crippen LogP contribution is -2.03. The van der Waals surface area contributed by atoms with Gasteiger partial charge in [0.2, 0.25) is 0 Å². The molecule has 2 rings (SSSR count). The van der Waals surface area contributed by atoms with Crippen LogP contribution in [-0.4, -0.2) is 12.1 Å². The van der Waals surface area contributed by atoms with Gasteiger partial charge in [0.05, 0.1) is 0 Å². The number of carbonyl (C=O) groups excluding carboxylic acids is 2. The van der Waals surface area contributed by atoms with Gasteiger partial charge in [-0.05, 0) is 17.7 Å². The van der Waals surface area contributed by atoms with Crippen molar-refractivity contribution in [3.8, 4) is 0 Å². The zero-order valence-corrected chi connectivity index (χ0v) is 10.4. The molecule has 0 aliphatic rings. The molecule has 0 radical (unpaired) electrons. The van der Waals surface area contributed by atoms with Crippen LogP contribution in [0, 0.1) is 0 Å². The van der Waals surface area contributed by atoms with E-state index < -0.39 is 0 Å². The van der Waals surface area contributed by atoms with Gasteiger partial charge in [-0.25, -0.2) is 0 Å². The fourth-order valence-electron chi connectivity index (χ4n) is 1.64. The summed E-state index contributed by atoms with van der Waals surface area (Å²) in [4.78, 5) is 22.5. The number of benzene rings is 2. The first-order chi connectivity index (χ1) is 8.69. The first-order valence-corrected chi connectivity index (χ1v) is 5.90. The summed E-state index contributed by atoms with van der Waals surface area (Å²) in [6, 6.07) is 13.8. The molecule has 2 nitrogen and oxygen atoms in total. The highest BCUT2D eigenvalue weighted by atomic mass is 35.5. The first kappa shape index (κ1) is 12.5. The minimum absolute atomic E-state index is 0.0229. The summed E-state index contributed by atoms with van der Waals surface area (Å²) in [6.07, 6.45) is 1.09. The minimum Gasteiger partial charge on any atom is -0.298 e. The monoisotopic (exact) mass is 258 g/mol. The molecule has 2 aromatic rings. The van der Waals surface area contributed by atoms with Crippen LogP contribution in [0.2, 0.25) is 5.02 Å². The molecule has 0 aromatic heterocycles. The second kappa shape index (κ2) is 5.61. The zero-order chi connectivity index (χ0) is 13.0. The van der Waals surface area contributed by atoms with Crippen LogP contribution in [0.3, 0.4) is 0 Å². The van der Waals surface area contributed by atoms with Crippen LogP contribution in [0.15, 0.2) is 48.5 Å². The Bertz CT molecular complexity index is 556. The molecule has 0 saturated heterocycles. The number of hydrogen-bond donors (Lipinski definition) is 0. The highest BCUT2D eigenvalue weighted by Gasteiger charge is 2.06. The third-order valence-electron chi connectivity index (χ3n) is 2.65. The Morgan fingerprint density at radius 1 is 1.00 bits per heavy atom. The molecule has 90 valence electrons. The number of ketones is 1. The lowest BCUT2D eigenvalue weighted by atomic mass is 10.0.